The number of ether oxygens (including phenoxy) is 2. The van der Waals surface area contributed by atoms with Crippen LogP contribution in [0.3, 0.4) is 0 Å². The zero-order chi connectivity index (χ0) is 16.6. The van der Waals surface area contributed by atoms with Gasteiger partial charge >= 0.3 is 0 Å². The van der Waals surface area contributed by atoms with Gasteiger partial charge in [-0.15, -0.1) is 0 Å². The molecule has 2 atom stereocenters. The zero-order valence-electron chi connectivity index (χ0n) is 11.8. The second-order valence-corrected chi connectivity index (χ2v) is 5.19. The van der Waals surface area contributed by atoms with Gasteiger partial charge in [-0.1, -0.05) is 6.07 Å². The number of fused-ring (bicyclic) bond motifs is 1. The summed E-state index contributed by atoms with van der Waals surface area (Å²) in [6.45, 7) is 0.197. The Morgan fingerprint density at radius 2 is 1.91 bits per heavy atom. The quantitative estimate of drug-likeness (QED) is 0.632. The molecular weight excluding hydrogens is 304 g/mol. The SMILES string of the molecule is O=COc1ccc([C@H]2Oc3cc(O)cc(O)c3C[C@H]2O)cc1O. The van der Waals surface area contributed by atoms with Crippen molar-refractivity contribution in [1.29, 1.82) is 0 Å². The van der Waals surface area contributed by atoms with Crippen LogP contribution in [-0.2, 0) is 11.2 Å². The van der Waals surface area contributed by atoms with Gasteiger partial charge in [0.15, 0.2) is 11.5 Å². The highest BCUT2D eigenvalue weighted by Gasteiger charge is 2.32. The molecule has 0 spiro atoms. The normalized spacial score (nSPS) is 19.5. The highest BCUT2D eigenvalue weighted by atomic mass is 16.5. The van der Waals surface area contributed by atoms with Crippen LogP contribution in [0.4, 0.5) is 0 Å². The Morgan fingerprint density at radius 1 is 1.13 bits per heavy atom. The molecule has 7 nitrogen and oxygen atoms in total. The van der Waals surface area contributed by atoms with Crippen LogP contribution in [0.5, 0.6) is 28.7 Å². The molecule has 23 heavy (non-hydrogen) atoms. The predicted molar refractivity (Wildman–Crippen MR) is 77.7 cm³/mol. The third kappa shape index (κ3) is 2.74. The van der Waals surface area contributed by atoms with E-state index in [-0.39, 0.29) is 41.6 Å². The first-order valence-corrected chi connectivity index (χ1v) is 6.82. The van der Waals surface area contributed by atoms with Crippen molar-refractivity contribution in [2.75, 3.05) is 0 Å². The van der Waals surface area contributed by atoms with E-state index >= 15 is 0 Å². The Bertz CT molecular complexity index is 756. The lowest BCUT2D eigenvalue weighted by Gasteiger charge is -2.31. The standard InChI is InChI=1S/C16H14O7/c17-7-22-14-2-1-8(3-12(14)20)16-13(21)6-10-11(19)4-9(18)5-15(10)23-16/h1-5,7,13,16,18-21H,6H2/t13-,16-/m1/s1. The largest absolute Gasteiger partial charge is 0.508 e. The zero-order valence-corrected chi connectivity index (χ0v) is 11.8. The van der Waals surface area contributed by atoms with E-state index in [1.807, 2.05) is 0 Å². The number of rotatable bonds is 3. The lowest BCUT2D eigenvalue weighted by molar-refractivity contribution is -0.120. The molecule has 1 heterocycles. The number of carbonyl (C=O) groups is 1. The van der Waals surface area contributed by atoms with Crippen LogP contribution >= 0.6 is 0 Å². The molecule has 0 unspecified atom stereocenters. The molecule has 0 aromatic heterocycles. The van der Waals surface area contributed by atoms with Gasteiger partial charge in [0.2, 0.25) is 0 Å². The number of carbonyl (C=O) groups excluding carboxylic acids is 1. The number of aliphatic hydroxyl groups excluding tert-OH is 1. The van der Waals surface area contributed by atoms with E-state index in [9.17, 15) is 25.2 Å². The lowest BCUT2D eigenvalue weighted by Crippen LogP contribution is -2.30. The number of hydrogen-bond acceptors (Lipinski definition) is 7. The molecule has 4 N–H and O–H groups in total. The van der Waals surface area contributed by atoms with E-state index in [2.05, 4.69) is 4.74 Å². The van der Waals surface area contributed by atoms with Crippen molar-refractivity contribution in [3.8, 4) is 28.7 Å². The van der Waals surface area contributed by atoms with Crippen LogP contribution in [0.15, 0.2) is 30.3 Å². The Morgan fingerprint density at radius 3 is 2.61 bits per heavy atom. The summed E-state index contributed by atoms with van der Waals surface area (Å²) in [5.74, 6) is -0.339. The van der Waals surface area contributed by atoms with Gasteiger partial charge in [-0.3, -0.25) is 4.79 Å². The maximum absolute atomic E-state index is 10.3. The Labute approximate surface area is 131 Å². The van der Waals surface area contributed by atoms with Crippen molar-refractivity contribution < 1.29 is 34.7 Å². The molecule has 3 rings (SSSR count). The molecule has 2 aromatic rings. The number of hydrogen-bond donors (Lipinski definition) is 4. The average Bonchev–Trinajstić information content (AvgIpc) is 2.50. The molecular formula is C16H14O7. The highest BCUT2D eigenvalue weighted by molar-refractivity contribution is 5.53. The molecule has 1 aliphatic rings. The van der Waals surface area contributed by atoms with Gasteiger partial charge in [-0.05, 0) is 17.7 Å². The van der Waals surface area contributed by atoms with Crippen molar-refractivity contribution in [1.82, 2.24) is 0 Å². The van der Waals surface area contributed by atoms with Gasteiger partial charge < -0.3 is 29.9 Å². The first-order chi connectivity index (χ1) is 11.0. The summed E-state index contributed by atoms with van der Waals surface area (Å²) in [4.78, 5) is 10.3. The van der Waals surface area contributed by atoms with E-state index in [1.165, 1.54) is 24.3 Å². The van der Waals surface area contributed by atoms with Crippen molar-refractivity contribution >= 4 is 6.47 Å². The maximum atomic E-state index is 10.3. The Kier molecular flexibility index (Phi) is 3.71. The van der Waals surface area contributed by atoms with E-state index in [1.54, 1.807) is 6.07 Å². The third-order valence-electron chi connectivity index (χ3n) is 3.67. The molecule has 120 valence electrons. The van der Waals surface area contributed by atoms with Gasteiger partial charge in [-0.25, -0.2) is 0 Å². The lowest BCUT2D eigenvalue weighted by atomic mass is 9.94. The molecule has 1 aliphatic heterocycles. The monoisotopic (exact) mass is 318 g/mol. The van der Waals surface area contributed by atoms with Gasteiger partial charge in [0.25, 0.3) is 6.47 Å². The van der Waals surface area contributed by atoms with Crippen molar-refractivity contribution in [2.24, 2.45) is 0 Å². The minimum absolute atomic E-state index is 0.00950. The van der Waals surface area contributed by atoms with E-state index in [0.717, 1.165) is 0 Å². The molecule has 0 bridgehead atoms. The number of aliphatic hydroxyl groups is 1. The molecule has 7 heteroatoms. The molecule has 0 amide bonds. The first-order valence-electron chi connectivity index (χ1n) is 6.82. The third-order valence-corrected chi connectivity index (χ3v) is 3.67. The topological polar surface area (TPSA) is 116 Å². The fourth-order valence-corrected chi connectivity index (χ4v) is 2.61. The van der Waals surface area contributed by atoms with Gasteiger partial charge in [0.05, 0.1) is 6.10 Å². The summed E-state index contributed by atoms with van der Waals surface area (Å²) < 4.78 is 10.2. The molecule has 0 aliphatic carbocycles. The van der Waals surface area contributed by atoms with Crippen LogP contribution in [0, 0.1) is 0 Å². The first kappa shape index (κ1) is 15.0. The van der Waals surface area contributed by atoms with Gasteiger partial charge in [0, 0.05) is 24.1 Å². The second kappa shape index (κ2) is 5.69. The van der Waals surface area contributed by atoms with E-state index < -0.39 is 12.2 Å². The fourth-order valence-electron chi connectivity index (χ4n) is 2.61. The minimum Gasteiger partial charge on any atom is -0.508 e. The van der Waals surface area contributed by atoms with Crippen LogP contribution in [-0.4, -0.2) is 33.0 Å². The summed E-state index contributed by atoms with van der Waals surface area (Å²) in [5.41, 5.74) is 0.860. The maximum Gasteiger partial charge on any atom is 0.298 e. The Balaban J connectivity index is 1.95. The van der Waals surface area contributed by atoms with Crippen LogP contribution in [0.1, 0.15) is 17.2 Å². The summed E-state index contributed by atoms with van der Waals surface area (Å²) in [6.07, 6.45) is -1.64. The number of phenolic OH excluding ortho intramolecular Hbond substituents is 3. The van der Waals surface area contributed by atoms with Gasteiger partial charge in [0.1, 0.15) is 23.4 Å². The highest BCUT2D eigenvalue weighted by Crippen LogP contribution is 2.42. The summed E-state index contributed by atoms with van der Waals surface area (Å²) >= 11 is 0. The van der Waals surface area contributed by atoms with E-state index in [4.69, 9.17) is 4.74 Å². The number of phenols is 3. The van der Waals surface area contributed by atoms with Gasteiger partial charge in [-0.2, -0.15) is 0 Å². The summed E-state index contributed by atoms with van der Waals surface area (Å²) in [5, 5.41) is 39.4. The smallest absolute Gasteiger partial charge is 0.298 e. The molecule has 0 fully saturated rings. The molecule has 2 aromatic carbocycles. The fraction of sp³-hybridized carbons (Fsp3) is 0.188. The number of benzene rings is 2. The van der Waals surface area contributed by atoms with Crippen LogP contribution in [0.25, 0.3) is 0 Å². The minimum atomic E-state index is -0.963. The van der Waals surface area contributed by atoms with Crippen molar-refractivity contribution in [2.45, 2.75) is 18.6 Å². The number of aromatic hydroxyl groups is 3. The summed E-state index contributed by atoms with van der Waals surface area (Å²) in [6, 6.07) is 6.76. The molecule has 0 saturated heterocycles. The van der Waals surface area contributed by atoms with Crippen molar-refractivity contribution in [3.05, 3.63) is 41.5 Å². The molecule has 0 saturated carbocycles. The molecule has 0 radical (unpaired) electrons. The second-order valence-electron chi connectivity index (χ2n) is 5.19. The average molecular weight is 318 g/mol. The van der Waals surface area contributed by atoms with Crippen LogP contribution in [0.2, 0.25) is 0 Å². The Hall–Kier alpha value is -2.93. The van der Waals surface area contributed by atoms with Crippen LogP contribution < -0.4 is 9.47 Å². The predicted octanol–water partition coefficient (Wildman–Crippen LogP) is 1.38. The summed E-state index contributed by atoms with van der Waals surface area (Å²) in [7, 11) is 0. The van der Waals surface area contributed by atoms with Crippen molar-refractivity contribution in [3.63, 3.8) is 0 Å². The van der Waals surface area contributed by atoms with E-state index in [0.29, 0.717) is 11.1 Å².